The summed E-state index contributed by atoms with van der Waals surface area (Å²) >= 11 is 5.90. The summed E-state index contributed by atoms with van der Waals surface area (Å²) in [6.07, 6.45) is 1.17. The lowest BCUT2D eigenvalue weighted by molar-refractivity contribution is 0.410. The molecule has 0 fully saturated rings. The van der Waals surface area contributed by atoms with Crippen LogP contribution in [-0.4, -0.2) is 27.6 Å². The van der Waals surface area contributed by atoms with Crippen LogP contribution in [0.3, 0.4) is 0 Å². The van der Waals surface area contributed by atoms with Crippen LogP contribution >= 0.6 is 11.6 Å². The van der Waals surface area contributed by atoms with E-state index in [1.54, 1.807) is 18.2 Å². The van der Waals surface area contributed by atoms with Gasteiger partial charge in [0, 0.05) is 25.3 Å². The van der Waals surface area contributed by atoms with E-state index >= 15 is 0 Å². The summed E-state index contributed by atoms with van der Waals surface area (Å²) in [5.74, 6) is -0.000344. The van der Waals surface area contributed by atoms with Gasteiger partial charge in [0.25, 0.3) is 5.56 Å². The third-order valence-electron chi connectivity index (χ3n) is 3.14. The molecule has 1 aromatic heterocycles. The molecule has 2 aromatic rings. The van der Waals surface area contributed by atoms with Crippen LogP contribution in [0.5, 0.6) is 11.6 Å². The van der Waals surface area contributed by atoms with Crippen LogP contribution in [0.25, 0.3) is 0 Å². The largest absolute Gasteiger partial charge is 0.494 e. The van der Waals surface area contributed by atoms with Crippen molar-refractivity contribution in [3.63, 3.8) is 0 Å². The average molecular weight is 324 g/mol. The first-order valence-corrected chi connectivity index (χ1v) is 6.61. The molecule has 7 nitrogen and oxygen atoms in total. The molecule has 0 aliphatic rings. The summed E-state index contributed by atoms with van der Waals surface area (Å²) in [6, 6.07) is 4.83. The number of hydrogen-bond donors (Lipinski definition) is 1. The lowest BCUT2D eigenvalue weighted by Gasteiger charge is -2.07. The molecule has 0 aliphatic heterocycles. The third-order valence-corrected chi connectivity index (χ3v) is 3.38. The Morgan fingerprint density at radius 3 is 2.59 bits per heavy atom. The van der Waals surface area contributed by atoms with Crippen LogP contribution in [0.4, 0.5) is 5.69 Å². The number of hydrogen-bond acceptors (Lipinski definition) is 5. The van der Waals surface area contributed by atoms with E-state index in [0.717, 1.165) is 9.13 Å². The van der Waals surface area contributed by atoms with Gasteiger partial charge in [-0.3, -0.25) is 18.9 Å². The smallest absolute Gasteiger partial charge is 0.333 e. The molecule has 0 spiro atoms. The lowest BCUT2D eigenvalue weighted by Crippen LogP contribution is -2.38. The number of methoxy groups -OCH3 is 1. The van der Waals surface area contributed by atoms with E-state index in [-0.39, 0.29) is 5.56 Å². The van der Waals surface area contributed by atoms with Crippen molar-refractivity contribution < 1.29 is 9.84 Å². The molecule has 22 heavy (non-hydrogen) atoms. The molecule has 0 unspecified atom stereocenters. The molecule has 1 N–H and O–H groups in total. The van der Waals surface area contributed by atoms with Crippen molar-refractivity contribution >= 4 is 23.5 Å². The predicted octanol–water partition coefficient (Wildman–Crippen LogP) is 1.20. The van der Waals surface area contributed by atoms with Gasteiger partial charge in [0.15, 0.2) is 0 Å². The first-order chi connectivity index (χ1) is 10.4. The van der Waals surface area contributed by atoms with Crippen molar-refractivity contribution in [3.05, 3.63) is 49.6 Å². The molecule has 116 valence electrons. The number of benzene rings is 1. The van der Waals surface area contributed by atoms with Gasteiger partial charge in [-0.25, -0.2) is 4.79 Å². The fraction of sp³-hybridized carbons (Fsp3) is 0.214. The number of ether oxygens (including phenoxy) is 1. The van der Waals surface area contributed by atoms with Crippen molar-refractivity contribution in [3.8, 4) is 11.6 Å². The van der Waals surface area contributed by atoms with E-state index in [4.69, 9.17) is 16.3 Å². The summed E-state index contributed by atoms with van der Waals surface area (Å²) < 4.78 is 6.98. The summed E-state index contributed by atoms with van der Waals surface area (Å²) in [4.78, 5) is 27.8. The Bertz CT molecular complexity index is 868. The van der Waals surface area contributed by atoms with Gasteiger partial charge in [-0.15, -0.1) is 0 Å². The zero-order valence-corrected chi connectivity index (χ0v) is 13.0. The monoisotopic (exact) mass is 323 g/mol. The molecule has 0 aliphatic carbocycles. The number of halogens is 1. The van der Waals surface area contributed by atoms with Crippen LogP contribution in [0.2, 0.25) is 5.02 Å². The lowest BCUT2D eigenvalue weighted by atomic mass is 10.3. The van der Waals surface area contributed by atoms with Gasteiger partial charge in [0.05, 0.1) is 7.11 Å². The zero-order chi connectivity index (χ0) is 16.4. The number of aliphatic imine (C=N–C) groups is 1. The first-order valence-electron chi connectivity index (χ1n) is 6.23. The summed E-state index contributed by atoms with van der Waals surface area (Å²) in [5, 5.41) is 10.4. The second-order valence-electron chi connectivity index (χ2n) is 4.52. The Labute approximate surface area is 130 Å². The van der Waals surface area contributed by atoms with Gasteiger partial charge in [0.1, 0.15) is 17.0 Å². The molecule has 0 radical (unpaired) electrons. The highest BCUT2D eigenvalue weighted by Crippen LogP contribution is 2.30. The standard InChI is InChI=1S/C14H14ClN3O4/c1-17-12(19)9(13(20)18(2)14(17)21)7-16-10-6-8(15)4-5-11(10)22-3/h4-7,19H,1-3H3. The molecule has 0 amide bonds. The van der Waals surface area contributed by atoms with Crippen LogP contribution in [-0.2, 0) is 14.1 Å². The van der Waals surface area contributed by atoms with E-state index in [1.807, 2.05) is 0 Å². The quantitative estimate of drug-likeness (QED) is 0.860. The third kappa shape index (κ3) is 2.75. The summed E-state index contributed by atoms with van der Waals surface area (Å²) in [5.41, 5.74) is -0.984. The van der Waals surface area contributed by atoms with Crippen molar-refractivity contribution in [1.29, 1.82) is 0 Å². The van der Waals surface area contributed by atoms with Crippen LogP contribution in [0.1, 0.15) is 5.56 Å². The van der Waals surface area contributed by atoms with Crippen molar-refractivity contribution in [2.45, 2.75) is 0 Å². The first kappa shape index (κ1) is 15.8. The topological polar surface area (TPSA) is 85.8 Å². The molecule has 0 bridgehead atoms. The molecule has 0 saturated heterocycles. The second kappa shape index (κ2) is 6.07. The maximum atomic E-state index is 12.0. The van der Waals surface area contributed by atoms with Crippen molar-refractivity contribution in [1.82, 2.24) is 9.13 Å². The second-order valence-corrected chi connectivity index (χ2v) is 4.95. The molecule has 1 heterocycles. The Balaban J connectivity index is 2.59. The fourth-order valence-corrected chi connectivity index (χ4v) is 2.04. The van der Waals surface area contributed by atoms with Gasteiger partial charge in [-0.1, -0.05) is 11.6 Å². The molecule has 8 heteroatoms. The molecular weight excluding hydrogens is 310 g/mol. The molecule has 0 saturated carbocycles. The van der Waals surface area contributed by atoms with Crippen LogP contribution < -0.4 is 16.0 Å². The number of rotatable bonds is 3. The predicted molar refractivity (Wildman–Crippen MR) is 83.8 cm³/mol. The fourth-order valence-electron chi connectivity index (χ4n) is 1.87. The molecule has 1 aromatic carbocycles. The normalized spacial score (nSPS) is 11.1. The highest BCUT2D eigenvalue weighted by molar-refractivity contribution is 6.30. The Kier molecular flexibility index (Phi) is 4.37. The summed E-state index contributed by atoms with van der Waals surface area (Å²) in [7, 11) is 4.15. The highest BCUT2D eigenvalue weighted by atomic mass is 35.5. The minimum Gasteiger partial charge on any atom is -0.494 e. The Morgan fingerprint density at radius 2 is 1.95 bits per heavy atom. The van der Waals surface area contributed by atoms with Gasteiger partial charge >= 0.3 is 5.69 Å². The van der Waals surface area contributed by atoms with E-state index in [1.165, 1.54) is 27.4 Å². The Morgan fingerprint density at radius 1 is 1.27 bits per heavy atom. The van der Waals surface area contributed by atoms with Crippen molar-refractivity contribution in [2.24, 2.45) is 19.1 Å². The van der Waals surface area contributed by atoms with E-state index in [2.05, 4.69) is 4.99 Å². The van der Waals surface area contributed by atoms with Crippen LogP contribution in [0, 0.1) is 0 Å². The van der Waals surface area contributed by atoms with Gasteiger partial charge in [0.2, 0.25) is 5.88 Å². The number of aromatic hydroxyl groups is 1. The average Bonchev–Trinajstić information content (AvgIpc) is 2.51. The molecule has 2 rings (SSSR count). The van der Waals surface area contributed by atoms with Gasteiger partial charge in [-0.05, 0) is 18.2 Å². The molecular formula is C14H14ClN3O4. The van der Waals surface area contributed by atoms with Gasteiger partial charge < -0.3 is 9.84 Å². The van der Waals surface area contributed by atoms with Crippen LogP contribution in [0.15, 0.2) is 32.8 Å². The SMILES string of the molecule is COc1ccc(Cl)cc1N=Cc1c(O)n(C)c(=O)n(C)c1=O. The van der Waals surface area contributed by atoms with Crippen molar-refractivity contribution in [2.75, 3.05) is 7.11 Å². The van der Waals surface area contributed by atoms with E-state index in [9.17, 15) is 14.7 Å². The zero-order valence-electron chi connectivity index (χ0n) is 12.2. The maximum absolute atomic E-state index is 12.0. The summed E-state index contributed by atoms with van der Waals surface area (Å²) in [6.45, 7) is 0. The number of aromatic nitrogens is 2. The molecule has 0 atom stereocenters. The maximum Gasteiger partial charge on any atom is 0.333 e. The minimum atomic E-state index is -0.648. The van der Waals surface area contributed by atoms with E-state index in [0.29, 0.717) is 16.5 Å². The Hall–Kier alpha value is -2.54. The highest BCUT2D eigenvalue weighted by Gasteiger charge is 2.13. The van der Waals surface area contributed by atoms with E-state index < -0.39 is 17.1 Å². The van der Waals surface area contributed by atoms with Gasteiger partial charge in [-0.2, -0.15) is 0 Å². The minimum absolute atomic E-state index is 0.105. The number of nitrogens with zero attached hydrogens (tertiary/aromatic N) is 3.